The zero-order chi connectivity index (χ0) is 19.7. The molecular formula is C20H23N3O4. The molecule has 7 heteroatoms. The number of ketones is 1. The number of carbonyl (C=O) groups excluding carboxylic acids is 2. The number of Topliss-reactive ketones (excluding diaryl/α,β-unsaturated/α-hetero) is 1. The number of nitrogens with one attached hydrogen (secondary N) is 1. The summed E-state index contributed by atoms with van der Waals surface area (Å²) in [7, 11) is 5.12. The lowest BCUT2D eigenvalue weighted by Crippen LogP contribution is -2.35. The molecule has 1 amide bonds. The summed E-state index contributed by atoms with van der Waals surface area (Å²) in [4.78, 5) is 27.7. The molecule has 3 rings (SSSR count). The number of phenolic OH excluding ortho intramolecular Hbond substituents is 1. The van der Waals surface area contributed by atoms with E-state index < -0.39 is 0 Å². The van der Waals surface area contributed by atoms with Crippen molar-refractivity contribution in [3.05, 3.63) is 59.3 Å². The summed E-state index contributed by atoms with van der Waals surface area (Å²) in [5, 5.41) is 13.5. The monoisotopic (exact) mass is 369 g/mol. The molecule has 1 aliphatic rings. The van der Waals surface area contributed by atoms with Crippen LogP contribution in [0.4, 0.5) is 5.69 Å². The van der Waals surface area contributed by atoms with Gasteiger partial charge >= 0.3 is 0 Å². The minimum absolute atomic E-state index is 0.0462. The van der Waals surface area contributed by atoms with Crippen LogP contribution >= 0.6 is 0 Å². The van der Waals surface area contributed by atoms with Gasteiger partial charge in [0, 0.05) is 26.8 Å². The molecule has 0 saturated carbocycles. The Hall–Kier alpha value is -3.22. The topological polar surface area (TPSA) is 86.0 Å². The summed E-state index contributed by atoms with van der Waals surface area (Å²) >= 11 is 0. The molecule has 0 fully saturated rings. The molecule has 7 nitrogen and oxygen atoms in total. The molecule has 142 valence electrons. The standard InChI is InChI=1S/C20H23N3O4/c1-12(17-9-6-10-27-17)23(4)15-11-16(24)18(15)21-14-8-5-7-13(19(14)25)20(26)22(2)3/h5-10,12,21,25H,11H2,1-4H3. The van der Waals surface area contributed by atoms with Crippen molar-refractivity contribution in [2.24, 2.45) is 0 Å². The lowest BCUT2D eigenvalue weighted by Gasteiger charge is -2.35. The van der Waals surface area contributed by atoms with Crippen LogP contribution in [0, 0.1) is 0 Å². The number of hydrogen-bond acceptors (Lipinski definition) is 6. The third kappa shape index (κ3) is 3.40. The van der Waals surface area contributed by atoms with Gasteiger partial charge in [-0.3, -0.25) is 9.59 Å². The molecule has 0 bridgehead atoms. The van der Waals surface area contributed by atoms with Crippen LogP contribution in [0.2, 0.25) is 0 Å². The Bertz CT molecular complexity index is 900. The van der Waals surface area contributed by atoms with Crippen molar-refractivity contribution in [1.82, 2.24) is 9.80 Å². The van der Waals surface area contributed by atoms with Crippen LogP contribution in [0.3, 0.4) is 0 Å². The van der Waals surface area contributed by atoms with Gasteiger partial charge in [0.2, 0.25) is 0 Å². The lowest BCUT2D eigenvalue weighted by atomic mass is 9.96. The highest BCUT2D eigenvalue weighted by atomic mass is 16.3. The molecule has 1 unspecified atom stereocenters. The number of nitrogens with zero attached hydrogens (tertiary/aromatic N) is 2. The van der Waals surface area contributed by atoms with Gasteiger partial charge < -0.3 is 24.6 Å². The number of phenols is 1. The van der Waals surface area contributed by atoms with E-state index in [4.69, 9.17) is 4.42 Å². The van der Waals surface area contributed by atoms with E-state index in [9.17, 15) is 14.7 Å². The van der Waals surface area contributed by atoms with E-state index >= 15 is 0 Å². The summed E-state index contributed by atoms with van der Waals surface area (Å²) in [5.41, 5.74) is 1.74. The van der Waals surface area contributed by atoms with Crippen molar-refractivity contribution in [1.29, 1.82) is 0 Å². The molecule has 0 saturated heterocycles. The van der Waals surface area contributed by atoms with Gasteiger partial charge in [-0.05, 0) is 31.2 Å². The maximum atomic E-state index is 12.2. The number of benzene rings is 1. The fraction of sp³-hybridized carbons (Fsp3) is 0.300. The highest BCUT2D eigenvalue weighted by Gasteiger charge is 2.33. The van der Waals surface area contributed by atoms with Crippen LogP contribution in [0.15, 0.2) is 52.4 Å². The van der Waals surface area contributed by atoms with E-state index in [0.717, 1.165) is 11.5 Å². The molecule has 27 heavy (non-hydrogen) atoms. The second-order valence-electron chi connectivity index (χ2n) is 6.75. The molecule has 1 aromatic carbocycles. The number of furan rings is 1. The van der Waals surface area contributed by atoms with Gasteiger partial charge in [0.05, 0.1) is 30.0 Å². The normalized spacial score (nSPS) is 14.6. The minimum Gasteiger partial charge on any atom is -0.505 e. The molecular weight excluding hydrogens is 346 g/mol. The Balaban J connectivity index is 1.88. The van der Waals surface area contributed by atoms with E-state index in [1.165, 1.54) is 4.90 Å². The molecule has 1 aromatic heterocycles. The maximum absolute atomic E-state index is 12.2. The summed E-state index contributed by atoms with van der Waals surface area (Å²) in [6.45, 7) is 1.99. The van der Waals surface area contributed by atoms with Gasteiger partial charge in [-0.25, -0.2) is 0 Å². The van der Waals surface area contributed by atoms with E-state index in [2.05, 4.69) is 5.32 Å². The summed E-state index contributed by atoms with van der Waals surface area (Å²) in [6.07, 6.45) is 1.92. The number of rotatable bonds is 6. The number of anilines is 1. The Morgan fingerprint density at radius 2 is 1.96 bits per heavy atom. The van der Waals surface area contributed by atoms with Crippen LogP contribution < -0.4 is 5.32 Å². The van der Waals surface area contributed by atoms with Gasteiger partial charge in [0.25, 0.3) is 5.91 Å². The van der Waals surface area contributed by atoms with E-state index in [-0.39, 0.29) is 29.0 Å². The van der Waals surface area contributed by atoms with Gasteiger partial charge in [-0.2, -0.15) is 0 Å². The third-order valence-corrected chi connectivity index (χ3v) is 4.79. The highest BCUT2D eigenvalue weighted by molar-refractivity contribution is 6.07. The first-order valence-corrected chi connectivity index (χ1v) is 8.64. The second kappa shape index (κ2) is 7.19. The van der Waals surface area contributed by atoms with E-state index in [1.54, 1.807) is 38.6 Å². The van der Waals surface area contributed by atoms with Gasteiger partial charge in [-0.1, -0.05) is 6.07 Å². The van der Waals surface area contributed by atoms with Crippen molar-refractivity contribution < 1.29 is 19.1 Å². The average Bonchev–Trinajstić information content (AvgIpc) is 3.18. The first kappa shape index (κ1) is 18.6. The van der Waals surface area contributed by atoms with Gasteiger partial charge in [0.15, 0.2) is 11.5 Å². The van der Waals surface area contributed by atoms with Crippen molar-refractivity contribution in [2.45, 2.75) is 19.4 Å². The second-order valence-corrected chi connectivity index (χ2v) is 6.75. The Morgan fingerprint density at radius 1 is 1.22 bits per heavy atom. The summed E-state index contributed by atoms with van der Waals surface area (Å²) < 4.78 is 5.45. The quantitative estimate of drug-likeness (QED) is 0.762. The molecule has 1 heterocycles. The predicted octanol–water partition coefficient (Wildman–Crippen LogP) is 2.98. The number of carbonyl (C=O) groups is 2. The van der Waals surface area contributed by atoms with Crippen LogP contribution in [0.5, 0.6) is 5.75 Å². The number of amides is 1. The zero-order valence-electron chi connectivity index (χ0n) is 15.8. The van der Waals surface area contributed by atoms with Crippen molar-refractivity contribution >= 4 is 17.4 Å². The predicted molar refractivity (Wildman–Crippen MR) is 101 cm³/mol. The third-order valence-electron chi connectivity index (χ3n) is 4.79. The van der Waals surface area contributed by atoms with Gasteiger partial charge in [0.1, 0.15) is 11.5 Å². The Morgan fingerprint density at radius 3 is 2.56 bits per heavy atom. The van der Waals surface area contributed by atoms with Crippen LogP contribution in [-0.4, -0.2) is 47.7 Å². The fourth-order valence-corrected chi connectivity index (χ4v) is 2.97. The van der Waals surface area contributed by atoms with E-state index in [1.807, 2.05) is 31.0 Å². The van der Waals surface area contributed by atoms with E-state index in [0.29, 0.717) is 17.8 Å². The minimum atomic E-state index is -0.311. The molecule has 0 radical (unpaired) electrons. The molecule has 1 aliphatic carbocycles. The zero-order valence-corrected chi connectivity index (χ0v) is 15.8. The first-order chi connectivity index (χ1) is 12.8. The smallest absolute Gasteiger partial charge is 0.257 e. The van der Waals surface area contributed by atoms with Crippen LogP contribution in [0.25, 0.3) is 0 Å². The number of hydrogen-bond donors (Lipinski definition) is 2. The summed E-state index contributed by atoms with van der Waals surface area (Å²) in [6, 6.07) is 8.51. The van der Waals surface area contributed by atoms with Crippen LogP contribution in [0.1, 0.15) is 35.5 Å². The number of aromatic hydroxyl groups is 1. The van der Waals surface area contributed by atoms with Crippen molar-refractivity contribution in [2.75, 3.05) is 26.5 Å². The average molecular weight is 369 g/mol. The SMILES string of the molecule is CC(c1ccco1)N(C)C1=C(Nc2cccc(C(=O)N(C)C)c2O)C(=O)C1. The largest absolute Gasteiger partial charge is 0.505 e. The first-order valence-electron chi connectivity index (χ1n) is 8.64. The van der Waals surface area contributed by atoms with Crippen LogP contribution in [-0.2, 0) is 4.79 Å². The lowest BCUT2D eigenvalue weighted by molar-refractivity contribution is -0.117. The molecule has 0 spiro atoms. The van der Waals surface area contributed by atoms with Crippen molar-refractivity contribution in [3.63, 3.8) is 0 Å². The fourth-order valence-electron chi connectivity index (χ4n) is 2.97. The molecule has 2 aromatic rings. The maximum Gasteiger partial charge on any atom is 0.257 e. The Labute approximate surface area is 157 Å². The number of para-hydroxylation sites is 1. The summed E-state index contributed by atoms with van der Waals surface area (Å²) in [5.74, 6) is 0.260. The molecule has 2 N–H and O–H groups in total. The highest BCUT2D eigenvalue weighted by Crippen LogP contribution is 2.36. The molecule has 0 aliphatic heterocycles. The van der Waals surface area contributed by atoms with Crippen molar-refractivity contribution in [3.8, 4) is 5.75 Å². The molecule has 1 atom stereocenters. The van der Waals surface area contributed by atoms with Gasteiger partial charge in [-0.15, -0.1) is 0 Å². The Kier molecular flexibility index (Phi) is 4.94. The number of allylic oxidation sites excluding steroid dienone is 2.